The molecule has 2 nitrogen and oxygen atoms in total. The number of hydrogen-bond donors (Lipinski definition) is 0. The van der Waals surface area contributed by atoms with Crippen molar-refractivity contribution in [3.05, 3.63) is 57.5 Å². The highest BCUT2D eigenvalue weighted by molar-refractivity contribution is 9.10. The maximum atomic E-state index is 13.5. The number of nitrogens with zero attached hydrogens (tertiary/aromatic N) is 2. The molecule has 0 radical (unpaired) electrons. The predicted octanol–water partition coefficient (Wildman–Crippen LogP) is 5.32. The quantitative estimate of drug-likeness (QED) is 0.556. The zero-order valence-electron chi connectivity index (χ0n) is 10.1. The Labute approximate surface area is 133 Å². The highest BCUT2D eigenvalue weighted by Gasteiger charge is 2.15. The van der Waals surface area contributed by atoms with Crippen molar-refractivity contribution in [2.24, 2.45) is 0 Å². The molecule has 1 aromatic heterocycles. The summed E-state index contributed by atoms with van der Waals surface area (Å²) >= 11 is 15.6. The number of halogens is 4. The number of imidazole rings is 1. The van der Waals surface area contributed by atoms with Crippen molar-refractivity contribution in [2.45, 2.75) is 5.88 Å². The average Bonchev–Trinajstić information content (AvgIpc) is 2.79. The van der Waals surface area contributed by atoms with Gasteiger partial charge in [0.15, 0.2) is 0 Å². The molecule has 0 aliphatic heterocycles. The van der Waals surface area contributed by atoms with Crippen molar-refractivity contribution in [1.82, 2.24) is 9.55 Å². The van der Waals surface area contributed by atoms with Gasteiger partial charge in [-0.15, -0.1) is 11.6 Å². The maximum absolute atomic E-state index is 13.5. The van der Waals surface area contributed by atoms with Gasteiger partial charge in [0.2, 0.25) is 0 Å². The molecule has 0 unspecified atom stereocenters. The average molecular weight is 374 g/mol. The molecule has 0 saturated heterocycles. The first-order chi connectivity index (χ1) is 9.60. The van der Waals surface area contributed by atoms with Gasteiger partial charge in [-0.2, -0.15) is 0 Å². The van der Waals surface area contributed by atoms with Crippen LogP contribution in [0.25, 0.3) is 16.7 Å². The fourth-order valence-corrected chi connectivity index (χ4v) is 2.84. The second-order valence-electron chi connectivity index (χ2n) is 4.23. The molecule has 0 bridgehead atoms. The lowest BCUT2D eigenvalue weighted by Crippen LogP contribution is -2.00. The summed E-state index contributed by atoms with van der Waals surface area (Å²) in [4.78, 5) is 4.41. The third-order valence-corrected chi connectivity index (χ3v) is 4.01. The minimum Gasteiger partial charge on any atom is -0.294 e. The van der Waals surface area contributed by atoms with Gasteiger partial charge in [-0.1, -0.05) is 27.5 Å². The second-order valence-corrected chi connectivity index (χ2v) is 5.82. The molecule has 0 N–H and O–H groups in total. The van der Waals surface area contributed by atoms with Gasteiger partial charge in [0.05, 0.1) is 27.6 Å². The van der Waals surface area contributed by atoms with Gasteiger partial charge in [-0.25, -0.2) is 9.37 Å². The van der Waals surface area contributed by atoms with Crippen molar-refractivity contribution in [3.8, 4) is 5.69 Å². The van der Waals surface area contributed by atoms with E-state index in [0.29, 0.717) is 27.6 Å². The van der Waals surface area contributed by atoms with Crippen LogP contribution in [0.2, 0.25) is 5.02 Å². The van der Waals surface area contributed by atoms with E-state index in [1.807, 2.05) is 12.1 Å². The first-order valence-corrected chi connectivity index (χ1v) is 7.49. The van der Waals surface area contributed by atoms with Gasteiger partial charge < -0.3 is 0 Å². The van der Waals surface area contributed by atoms with Crippen molar-refractivity contribution in [3.63, 3.8) is 0 Å². The van der Waals surface area contributed by atoms with Gasteiger partial charge >= 0.3 is 0 Å². The van der Waals surface area contributed by atoms with Crippen molar-refractivity contribution >= 4 is 50.2 Å². The van der Waals surface area contributed by atoms with Crippen molar-refractivity contribution in [2.75, 3.05) is 0 Å². The zero-order chi connectivity index (χ0) is 14.3. The van der Waals surface area contributed by atoms with Crippen LogP contribution in [0.15, 0.2) is 40.9 Å². The van der Waals surface area contributed by atoms with E-state index >= 15 is 0 Å². The van der Waals surface area contributed by atoms with E-state index in [0.717, 1.165) is 4.47 Å². The fourth-order valence-electron chi connectivity index (χ4n) is 2.11. The summed E-state index contributed by atoms with van der Waals surface area (Å²) in [6.45, 7) is 0. The van der Waals surface area contributed by atoms with Crippen LogP contribution in [0.3, 0.4) is 0 Å². The Morgan fingerprint density at radius 1 is 1.20 bits per heavy atom. The molecule has 0 aliphatic carbocycles. The molecule has 0 aliphatic rings. The molecule has 0 amide bonds. The molecule has 0 fully saturated rings. The van der Waals surface area contributed by atoms with Crippen LogP contribution in [0.4, 0.5) is 4.39 Å². The molecular weight excluding hydrogens is 366 g/mol. The van der Waals surface area contributed by atoms with Gasteiger partial charge in [-0.3, -0.25) is 4.57 Å². The summed E-state index contributed by atoms with van der Waals surface area (Å²) in [6.07, 6.45) is 0. The maximum Gasteiger partial charge on any atom is 0.129 e. The standard InChI is InChI=1S/C14H8BrCl2FN2/c15-8-1-3-10(17)12(5-8)20-13-6-9(18)2-4-11(13)19-14(20)7-16/h1-6H,7H2. The minimum absolute atomic E-state index is 0.207. The van der Waals surface area contributed by atoms with Crippen LogP contribution in [0, 0.1) is 5.82 Å². The lowest BCUT2D eigenvalue weighted by Gasteiger charge is -2.10. The zero-order valence-corrected chi connectivity index (χ0v) is 13.2. The molecule has 0 spiro atoms. The Kier molecular flexibility index (Phi) is 3.71. The van der Waals surface area contributed by atoms with Gasteiger partial charge in [0.25, 0.3) is 0 Å². The van der Waals surface area contributed by atoms with E-state index in [2.05, 4.69) is 20.9 Å². The highest BCUT2D eigenvalue weighted by atomic mass is 79.9. The Balaban J connectivity index is 2.39. The van der Waals surface area contributed by atoms with Crippen LogP contribution in [-0.4, -0.2) is 9.55 Å². The molecule has 3 aromatic rings. The Bertz CT molecular complexity index is 801. The minimum atomic E-state index is -0.328. The monoisotopic (exact) mass is 372 g/mol. The molecule has 0 atom stereocenters. The summed E-state index contributed by atoms with van der Waals surface area (Å²) in [6, 6.07) is 9.89. The van der Waals surface area contributed by atoms with Crippen molar-refractivity contribution < 1.29 is 4.39 Å². The molecule has 0 saturated carbocycles. The summed E-state index contributed by atoms with van der Waals surface area (Å²) in [7, 11) is 0. The lowest BCUT2D eigenvalue weighted by molar-refractivity contribution is 0.629. The van der Waals surface area contributed by atoms with Crippen LogP contribution < -0.4 is 0 Å². The van der Waals surface area contributed by atoms with E-state index in [1.54, 1.807) is 16.7 Å². The molecule has 6 heteroatoms. The number of alkyl halides is 1. The van der Waals surface area contributed by atoms with Crippen LogP contribution in [0.1, 0.15) is 5.82 Å². The number of rotatable bonds is 2. The Morgan fingerprint density at radius 2 is 2.00 bits per heavy atom. The Hall–Kier alpha value is -1.10. The van der Waals surface area contributed by atoms with Crippen LogP contribution in [0.5, 0.6) is 0 Å². The topological polar surface area (TPSA) is 17.8 Å². The molecular formula is C14H8BrCl2FN2. The molecule has 2 aromatic carbocycles. The van der Waals surface area contributed by atoms with Gasteiger partial charge in [-0.05, 0) is 30.3 Å². The number of fused-ring (bicyclic) bond motifs is 1. The first kappa shape index (κ1) is 13.9. The Morgan fingerprint density at radius 3 is 2.75 bits per heavy atom. The fraction of sp³-hybridized carbons (Fsp3) is 0.0714. The summed E-state index contributed by atoms with van der Waals surface area (Å²) in [5.41, 5.74) is 2.03. The second kappa shape index (κ2) is 5.35. The van der Waals surface area contributed by atoms with E-state index in [4.69, 9.17) is 23.2 Å². The third-order valence-electron chi connectivity index (χ3n) is 2.95. The highest BCUT2D eigenvalue weighted by Crippen LogP contribution is 2.30. The van der Waals surface area contributed by atoms with E-state index in [1.165, 1.54) is 12.1 Å². The van der Waals surface area contributed by atoms with E-state index < -0.39 is 0 Å². The van der Waals surface area contributed by atoms with E-state index in [9.17, 15) is 4.39 Å². The molecule has 102 valence electrons. The number of benzene rings is 2. The van der Waals surface area contributed by atoms with E-state index in [-0.39, 0.29) is 11.7 Å². The summed E-state index contributed by atoms with van der Waals surface area (Å²) in [5, 5.41) is 0.545. The van der Waals surface area contributed by atoms with Crippen LogP contribution in [-0.2, 0) is 5.88 Å². The predicted molar refractivity (Wildman–Crippen MR) is 83.3 cm³/mol. The first-order valence-electron chi connectivity index (χ1n) is 5.78. The van der Waals surface area contributed by atoms with Crippen molar-refractivity contribution in [1.29, 1.82) is 0 Å². The summed E-state index contributed by atoms with van der Waals surface area (Å²) < 4.78 is 16.2. The lowest BCUT2D eigenvalue weighted by atomic mass is 10.2. The normalized spacial score (nSPS) is 11.2. The van der Waals surface area contributed by atoms with Gasteiger partial charge in [0.1, 0.15) is 11.6 Å². The molecule has 20 heavy (non-hydrogen) atoms. The number of aromatic nitrogens is 2. The SMILES string of the molecule is Fc1ccc2nc(CCl)n(-c3cc(Br)ccc3Cl)c2c1. The number of hydrogen-bond acceptors (Lipinski definition) is 1. The van der Waals surface area contributed by atoms with Crippen LogP contribution >= 0.6 is 39.1 Å². The smallest absolute Gasteiger partial charge is 0.129 e. The largest absolute Gasteiger partial charge is 0.294 e. The summed E-state index contributed by atoms with van der Waals surface area (Å²) in [5.74, 6) is 0.497. The van der Waals surface area contributed by atoms with Gasteiger partial charge in [0, 0.05) is 10.5 Å². The third kappa shape index (κ3) is 2.32. The molecule has 1 heterocycles. The molecule has 3 rings (SSSR count).